The van der Waals surface area contributed by atoms with Crippen molar-refractivity contribution in [3.63, 3.8) is 0 Å². The Morgan fingerprint density at radius 2 is 2.27 bits per heavy atom. The van der Waals surface area contributed by atoms with Crippen LogP contribution in [0.5, 0.6) is 5.75 Å². The summed E-state index contributed by atoms with van der Waals surface area (Å²) >= 11 is 3.21. The average molecular weight is 334 g/mol. The summed E-state index contributed by atoms with van der Waals surface area (Å²) in [6.45, 7) is 0. The van der Waals surface area contributed by atoms with Crippen LogP contribution in [0, 0.1) is 0 Å². The molecule has 0 unspecified atom stereocenters. The molecule has 0 aliphatic heterocycles. The third kappa shape index (κ3) is 1.83. The van der Waals surface area contributed by atoms with Crippen molar-refractivity contribution in [1.29, 1.82) is 0 Å². The second kappa shape index (κ2) is 4.00. The molecule has 5 heteroatoms. The van der Waals surface area contributed by atoms with E-state index in [0.29, 0.717) is 8.91 Å². The van der Waals surface area contributed by atoms with Crippen LogP contribution in [0.2, 0.25) is 0 Å². The average Bonchev–Trinajstić information content (AvgIpc) is 2.56. The van der Waals surface area contributed by atoms with Crippen molar-refractivity contribution in [2.45, 2.75) is 0 Å². The zero-order valence-electron chi connectivity index (χ0n) is 7.78. The first-order valence-corrected chi connectivity index (χ1v) is 6.63. The van der Waals surface area contributed by atoms with Gasteiger partial charge in [0.05, 0.1) is 0 Å². The van der Waals surface area contributed by atoms with Crippen LogP contribution < -0.4 is 4.74 Å². The third-order valence-electron chi connectivity index (χ3n) is 2.03. The van der Waals surface area contributed by atoms with E-state index in [1.807, 2.05) is 18.2 Å². The molecule has 0 aliphatic carbocycles. The number of methoxy groups -OCH3 is 1. The molecule has 3 nitrogen and oxygen atoms in total. The summed E-state index contributed by atoms with van der Waals surface area (Å²) in [4.78, 5) is 10.9. The summed E-state index contributed by atoms with van der Waals surface area (Å²) in [6, 6.07) is 5.63. The van der Waals surface area contributed by atoms with Crippen LogP contribution in [0.3, 0.4) is 0 Å². The van der Waals surface area contributed by atoms with E-state index in [0.717, 1.165) is 15.4 Å². The first-order valence-electron chi connectivity index (χ1n) is 4.13. The maximum atomic E-state index is 10.9. The summed E-state index contributed by atoms with van der Waals surface area (Å²) in [5.41, 5.74) is 0. The Labute approximate surface area is 101 Å². The Balaban J connectivity index is 2.72. The minimum atomic E-state index is -0.850. The van der Waals surface area contributed by atoms with Gasteiger partial charge in [0.25, 0.3) is 0 Å². The molecule has 0 saturated carbocycles. The van der Waals surface area contributed by atoms with Gasteiger partial charge >= 0.3 is 101 Å². The Morgan fingerprint density at radius 3 is 2.87 bits per heavy atom. The number of ether oxygens (including phenoxy) is 1. The minimum absolute atomic E-state index is 0.119. The number of carbonyl (C=O) groups is 1. The molecule has 1 heterocycles. The fourth-order valence-electron chi connectivity index (χ4n) is 1.31. The van der Waals surface area contributed by atoms with Crippen molar-refractivity contribution in [3.8, 4) is 5.75 Å². The fraction of sp³-hybridized carbons (Fsp3) is 0.100. The molecule has 1 aromatic carbocycles. The summed E-state index contributed by atoms with van der Waals surface area (Å²) in [7, 11) is 1.59. The SMILES string of the molecule is COc1ccc2[se]c(C(=O)O)c(Br)c2c1. The van der Waals surface area contributed by atoms with Gasteiger partial charge in [-0.1, -0.05) is 0 Å². The molecule has 0 saturated heterocycles. The van der Waals surface area contributed by atoms with Gasteiger partial charge in [0, 0.05) is 0 Å². The molecule has 0 amide bonds. The molecule has 78 valence electrons. The number of carboxylic acid groups (broad SMARTS) is 1. The zero-order chi connectivity index (χ0) is 11.0. The molecular formula is C10H7BrO3Se. The summed E-state index contributed by atoms with van der Waals surface area (Å²) in [5, 5.41) is 9.92. The number of hydrogen-bond donors (Lipinski definition) is 1. The monoisotopic (exact) mass is 334 g/mol. The van der Waals surface area contributed by atoms with E-state index in [1.165, 1.54) is 0 Å². The van der Waals surface area contributed by atoms with E-state index < -0.39 is 5.97 Å². The Kier molecular flexibility index (Phi) is 2.87. The van der Waals surface area contributed by atoms with Gasteiger partial charge in [0.15, 0.2) is 0 Å². The van der Waals surface area contributed by atoms with Crippen LogP contribution in [0.25, 0.3) is 9.65 Å². The van der Waals surface area contributed by atoms with Gasteiger partial charge in [-0.25, -0.2) is 0 Å². The summed E-state index contributed by atoms with van der Waals surface area (Å²) in [5.74, 6) is -0.106. The van der Waals surface area contributed by atoms with Gasteiger partial charge in [-0.15, -0.1) is 0 Å². The van der Waals surface area contributed by atoms with Crippen LogP contribution in [-0.2, 0) is 0 Å². The quantitative estimate of drug-likeness (QED) is 0.858. The van der Waals surface area contributed by atoms with Crippen LogP contribution in [-0.4, -0.2) is 32.7 Å². The van der Waals surface area contributed by atoms with Crippen LogP contribution >= 0.6 is 15.9 Å². The number of carboxylic acids is 1. The molecule has 0 radical (unpaired) electrons. The number of fused-ring (bicyclic) bond motifs is 1. The van der Waals surface area contributed by atoms with E-state index in [4.69, 9.17) is 9.84 Å². The van der Waals surface area contributed by atoms with E-state index in [-0.39, 0.29) is 14.5 Å². The molecule has 0 atom stereocenters. The number of aromatic carboxylic acids is 1. The predicted octanol–water partition coefficient (Wildman–Crippen LogP) is 2.37. The fourth-order valence-corrected chi connectivity index (χ4v) is 4.44. The number of halogens is 1. The Bertz CT molecular complexity index is 533. The standard InChI is InChI=1S/C10H7BrO3Se/c1-14-5-2-3-7-6(4-5)8(11)9(15-7)10(12)13/h2-4H,1H3,(H,12,13). The van der Waals surface area contributed by atoms with Crippen LogP contribution in [0.1, 0.15) is 9.23 Å². The molecule has 0 fully saturated rings. The van der Waals surface area contributed by atoms with Crippen molar-refractivity contribution >= 4 is 46.0 Å². The van der Waals surface area contributed by atoms with Crippen molar-refractivity contribution in [2.24, 2.45) is 0 Å². The van der Waals surface area contributed by atoms with Crippen molar-refractivity contribution in [3.05, 3.63) is 27.1 Å². The van der Waals surface area contributed by atoms with Crippen molar-refractivity contribution < 1.29 is 14.6 Å². The topological polar surface area (TPSA) is 46.5 Å². The molecule has 2 aromatic rings. The number of hydrogen-bond acceptors (Lipinski definition) is 2. The van der Waals surface area contributed by atoms with Crippen LogP contribution in [0.15, 0.2) is 22.7 Å². The Morgan fingerprint density at radius 1 is 1.53 bits per heavy atom. The van der Waals surface area contributed by atoms with E-state index in [1.54, 1.807) is 7.11 Å². The second-order valence-electron chi connectivity index (χ2n) is 2.91. The molecule has 0 spiro atoms. The number of rotatable bonds is 2. The molecule has 0 bridgehead atoms. The van der Waals surface area contributed by atoms with Crippen LogP contribution in [0.4, 0.5) is 0 Å². The van der Waals surface area contributed by atoms with E-state index >= 15 is 0 Å². The molecular weight excluding hydrogens is 327 g/mol. The normalized spacial score (nSPS) is 10.5. The first kappa shape index (κ1) is 10.7. The Hall–Kier alpha value is -0.771. The molecule has 0 aliphatic rings. The summed E-state index contributed by atoms with van der Waals surface area (Å²) < 4.78 is 7.32. The van der Waals surface area contributed by atoms with E-state index in [2.05, 4.69) is 15.9 Å². The predicted molar refractivity (Wildman–Crippen MR) is 62.1 cm³/mol. The van der Waals surface area contributed by atoms with Crippen molar-refractivity contribution in [2.75, 3.05) is 7.11 Å². The van der Waals surface area contributed by atoms with Gasteiger partial charge in [0.1, 0.15) is 0 Å². The maximum absolute atomic E-state index is 10.9. The van der Waals surface area contributed by atoms with Gasteiger partial charge in [0.2, 0.25) is 0 Å². The zero-order valence-corrected chi connectivity index (χ0v) is 11.1. The molecule has 15 heavy (non-hydrogen) atoms. The molecule has 1 N–H and O–H groups in total. The number of benzene rings is 1. The third-order valence-corrected chi connectivity index (χ3v) is 5.87. The van der Waals surface area contributed by atoms with Gasteiger partial charge in [-0.05, 0) is 0 Å². The second-order valence-corrected chi connectivity index (χ2v) is 5.91. The molecule has 2 rings (SSSR count). The van der Waals surface area contributed by atoms with Gasteiger partial charge < -0.3 is 0 Å². The molecule has 1 aromatic heterocycles. The van der Waals surface area contributed by atoms with E-state index in [9.17, 15) is 4.79 Å². The first-order chi connectivity index (χ1) is 7.13. The van der Waals surface area contributed by atoms with Gasteiger partial charge in [-0.2, -0.15) is 0 Å². The van der Waals surface area contributed by atoms with Crippen molar-refractivity contribution in [1.82, 2.24) is 0 Å². The van der Waals surface area contributed by atoms with Gasteiger partial charge in [-0.3, -0.25) is 0 Å². The summed E-state index contributed by atoms with van der Waals surface area (Å²) in [6.07, 6.45) is 0.